The molecule has 0 aliphatic carbocycles. The van der Waals surface area contributed by atoms with Gasteiger partial charge in [0.1, 0.15) is 23.7 Å². The predicted molar refractivity (Wildman–Crippen MR) is 237 cm³/mol. The number of aromatic nitrogens is 5. The summed E-state index contributed by atoms with van der Waals surface area (Å²) in [6, 6.07) is 34.2. The van der Waals surface area contributed by atoms with Crippen LogP contribution in [0.1, 0.15) is 72.6 Å². The lowest BCUT2D eigenvalue weighted by molar-refractivity contribution is -0.137. The topological polar surface area (TPSA) is 152 Å². The van der Waals surface area contributed by atoms with Crippen LogP contribution in [0.2, 0.25) is 0 Å². The minimum atomic E-state index is -0.876. The van der Waals surface area contributed by atoms with Gasteiger partial charge in [0.05, 0.1) is 48.5 Å². The number of amides is 3. The van der Waals surface area contributed by atoms with Gasteiger partial charge in [0.15, 0.2) is 0 Å². The van der Waals surface area contributed by atoms with Crippen molar-refractivity contribution < 1.29 is 19.1 Å². The molecule has 13 heteroatoms. The van der Waals surface area contributed by atoms with Crippen molar-refractivity contribution in [2.45, 2.75) is 49.9 Å². The molecule has 3 N–H and O–H groups in total. The number of likely N-dealkylation sites (N-methyl/N-ethyl adjacent to an activating group) is 1. The number of likely N-dealkylation sites (tertiary alicyclic amines) is 2. The Kier molecular flexibility index (Phi) is 11.4. The van der Waals surface area contributed by atoms with Crippen LogP contribution in [0.15, 0.2) is 128 Å². The number of pyridine rings is 1. The Labute approximate surface area is 360 Å². The Morgan fingerprint density at radius 2 is 1.19 bits per heavy atom. The van der Waals surface area contributed by atoms with E-state index in [1.54, 1.807) is 4.90 Å². The molecule has 0 bridgehead atoms. The third-order valence-electron chi connectivity index (χ3n) is 12.1. The molecule has 3 amide bonds. The van der Waals surface area contributed by atoms with Crippen molar-refractivity contribution in [1.82, 2.24) is 44.9 Å². The normalized spacial score (nSPS) is 17.4. The summed E-state index contributed by atoms with van der Waals surface area (Å²) in [6.45, 7) is 1.23. The summed E-state index contributed by atoms with van der Waals surface area (Å²) >= 11 is 0. The molecule has 1 unspecified atom stereocenters. The quantitative estimate of drug-likeness (QED) is 0.118. The van der Waals surface area contributed by atoms with Gasteiger partial charge < -0.3 is 29.8 Å². The van der Waals surface area contributed by atoms with Crippen molar-refractivity contribution in [3.63, 3.8) is 0 Å². The van der Waals surface area contributed by atoms with Gasteiger partial charge in [0.25, 0.3) is 5.91 Å². The van der Waals surface area contributed by atoms with Crippen molar-refractivity contribution in [2.24, 2.45) is 0 Å². The molecule has 5 heterocycles. The first-order valence-electron chi connectivity index (χ1n) is 21.1. The second kappa shape index (κ2) is 17.5. The largest absolute Gasteiger partial charge is 0.453 e. The number of hydrogen-bond acceptors (Lipinski definition) is 8. The van der Waals surface area contributed by atoms with E-state index >= 15 is 0 Å². The number of methoxy groups -OCH3 is 1. The van der Waals surface area contributed by atoms with E-state index in [4.69, 9.17) is 14.7 Å². The van der Waals surface area contributed by atoms with E-state index < -0.39 is 18.2 Å². The minimum absolute atomic E-state index is 0.0480. The highest BCUT2D eigenvalue weighted by molar-refractivity contribution is 5.88. The second-order valence-electron chi connectivity index (χ2n) is 16.2. The number of nitrogens with one attached hydrogen (secondary N) is 3. The summed E-state index contributed by atoms with van der Waals surface area (Å²) in [6.07, 6.45) is 8.15. The number of carbonyl (C=O) groups is 3. The number of ether oxygens (including phenoxy) is 1. The third-order valence-corrected chi connectivity index (χ3v) is 12.1. The molecule has 13 nitrogen and oxygen atoms in total. The van der Waals surface area contributed by atoms with Crippen molar-refractivity contribution in [2.75, 3.05) is 34.3 Å². The van der Waals surface area contributed by atoms with Crippen molar-refractivity contribution in [3.05, 3.63) is 151 Å². The highest BCUT2D eigenvalue weighted by atomic mass is 16.5. The lowest BCUT2D eigenvalue weighted by atomic mass is 10.0. The van der Waals surface area contributed by atoms with Crippen molar-refractivity contribution in [3.8, 4) is 33.6 Å². The number of aromatic amines is 2. The second-order valence-corrected chi connectivity index (χ2v) is 16.2. The fourth-order valence-electron chi connectivity index (χ4n) is 8.95. The van der Waals surface area contributed by atoms with Crippen LogP contribution in [-0.2, 0) is 14.3 Å². The van der Waals surface area contributed by atoms with Gasteiger partial charge in [0, 0.05) is 24.7 Å². The van der Waals surface area contributed by atoms with E-state index in [0.29, 0.717) is 24.5 Å². The van der Waals surface area contributed by atoms with Gasteiger partial charge >= 0.3 is 6.09 Å². The molecule has 7 aromatic rings. The number of alkyl carbamates (subject to hydrolysis) is 1. The monoisotopic (exact) mass is 827 g/mol. The molecule has 0 spiro atoms. The lowest BCUT2D eigenvalue weighted by Crippen LogP contribution is -2.42. The van der Waals surface area contributed by atoms with Crippen LogP contribution in [-0.4, -0.2) is 91.8 Å². The number of imidazole rings is 2. The maximum atomic E-state index is 14.2. The Bertz CT molecular complexity index is 2690. The molecule has 2 aliphatic rings. The molecule has 3 aromatic heterocycles. The Morgan fingerprint density at radius 3 is 1.76 bits per heavy atom. The van der Waals surface area contributed by atoms with Crippen LogP contribution in [0, 0.1) is 0 Å². The summed E-state index contributed by atoms with van der Waals surface area (Å²) in [4.78, 5) is 67.3. The molecular formula is C49H49N9O4. The number of rotatable bonds is 11. The Morgan fingerprint density at radius 1 is 0.661 bits per heavy atom. The lowest BCUT2D eigenvalue weighted by Gasteiger charge is -2.31. The number of nitrogens with zero attached hydrogens (tertiary/aromatic N) is 6. The Hall–Kier alpha value is -7.12. The van der Waals surface area contributed by atoms with Crippen LogP contribution in [0.3, 0.4) is 0 Å². The third kappa shape index (κ3) is 8.06. The maximum Gasteiger partial charge on any atom is 0.407 e. The van der Waals surface area contributed by atoms with Gasteiger partial charge in [-0.1, -0.05) is 97.1 Å². The fourth-order valence-corrected chi connectivity index (χ4v) is 8.95. The standard InChI is InChI=1S/C49H49N9O4/c1-56(2)44(37-27-36-13-7-8-14-38(36)50-28-37)48(60)58-26-10-16-42(58)46-52-30-40(54-46)34-23-19-32(20-24-34)31-17-21-33(22-18-31)39-29-51-45(53-39)41-15-9-25-57(41)47(59)43(55-49(61)62-3)35-11-5-4-6-12-35/h4-8,11-14,17-24,27-30,41-44H,9-10,15-16,25-26H2,1-3H3,(H,51,53)(H,52,54)(H,55,61)/t41-,42-,43+,44?/m0/s1. The van der Waals surface area contributed by atoms with Crippen LogP contribution >= 0.6 is 0 Å². The molecular weight excluding hydrogens is 779 g/mol. The molecule has 9 rings (SSSR count). The average Bonchev–Trinajstić information content (AvgIpc) is 4.16. The van der Waals surface area contributed by atoms with Crippen LogP contribution in [0.5, 0.6) is 0 Å². The van der Waals surface area contributed by atoms with Crippen LogP contribution in [0.25, 0.3) is 44.5 Å². The number of para-hydroxylation sites is 1. The first-order chi connectivity index (χ1) is 30.2. The summed E-state index contributed by atoms with van der Waals surface area (Å²) in [5.74, 6) is 1.34. The summed E-state index contributed by atoms with van der Waals surface area (Å²) < 4.78 is 4.84. The molecule has 4 atom stereocenters. The Balaban J connectivity index is 0.861. The summed E-state index contributed by atoms with van der Waals surface area (Å²) in [5.41, 5.74) is 8.35. The molecule has 314 valence electrons. The SMILES string of the molecule is COC(=O)N[C@@H](C(=O)N1CCC[C@H]1c1ncc(-c2ccc(-c3ccc(-c4cnc([C@@H]5CCCN5C(=O)C(c5cnc6ccccc6c5)N(C)C)[nH]4)cc3)cc2)[nH]1)c1ccccc1. The van der Waals surface area contributed by atoms with Gasteiger partial charge in [-0.2, -0.15) is 0 Å². The average molecular weight is 828 g/mol. The highest BCUT2D eigenvalue weighted by Crippen LogP contribution is 2.37. The van der Waals surface area contributed by atoms with E-state index in [-0.39, 0.29) is 23.9 Å². The van der Waals surface area contributed by atoms with Crippen LogP contribution in [0.4, 0.5) is 4.79 Å². The van der Waals surface area contributed by atoms with E-state index in [1.807, 2.05) is 97.1 Å². The highest BCUT2D eigenvalue weighted by Gasteiger charge is 2.38. The fraction of sp³-hybridized carbons (Fsp3) is 0.265. The molecule has 2 aliphatic heterocycles. The summed E-state index contributed by atoms with van der Waals surface area (Å²) in [5, 5.41) is 3.73. The van der Waals surface area contributed by atoms with Gasteiger partial charge in [-0.15, -0.1) is 0 Å². The van der Waals surface area contributed by atoms with E-state index in [1.165, 1.54) is 7.11 Å². The predicted octanol–water partition coefficient (Wildman–Crippen LogP) is 8.41. The summed E-state index contributed by atoms with van der Waals surface area (Å²) in [7, 11) is 5.16. The smallest absolute Gasteiger partial charge is 0.407 e. The van der Waals surface area contributed by atoms with Gasteiger partial charge in [-0.25, -0.2) is 14.8 Å². The molecule has 62 heavy (non-hydrogen) atoms. The van der Waals surface area contributed by atoms with Crippen molar-refractivity contribution >= 4 is 28.8 Å². The van der Waals surface area contributed by atoms with E-state index in [2.05, 4.69) is 74.9 Å². The minimum Gasteiger partial charge on any atom is -0.453 e. The molecule has 4 aromatic carbocycles. The zero-order valence-corrected chi connectivity index (χ0v) is 35.0. The molecule has 0 saturated carbocycles. The number of hydrogen-bond donors (Lipinski definition) is 3. The van der Waals surface area contributed by atoms with Gasteiger partial charge in [-0.3, -0.25) is 19.5 Å². The molecule has 0 radical (unpaired) electrons. The van der Waals surface area contributed by atoms with Gasteiger partial charge in [0.2, 0.25) is 5.91 Å². The van der Waals surface area contributed by atoms with E-state index in [0.717, 1.165) is 81.6 Å². The first-order valence-corrected chi connectivity index (χ1v) is 21.1. The van der Waals surface area contributed by atoms with Gasteiger partial charge in [-0.05, 0) is 85.3 Å². The number of carbonyl (C=O) groups excluding carboxylic acids is 3. The zero-order chi connectivity index (χ0) is 42.7. The van der Waals surface area contributed by atoms with Crippen molar-refractivity contribution in [1.29, 1.82) is 0 Å². The molecule has 2 saturated heterocycles. The number of fused-ring (bicyclic) bond motifs is 1. The van der Waals surface area contributed by atoms with E-state index in [9.17, 15) is 14.4 Å². The van der Waals surface area contributed by atoms with Crippen LogP contribution < -0.4 is 5.32 Å². The zero-order valence-electron chi connectivity index (χ0n) is 35.0. The molecule has 2 fully saturated rings. The number of H-pyrrole nitrogens is 2. The maximum absolute atomic E-state index is 14.2. The first kappa shape index (κ1) is 40.3. The number of benzene rings is 4.